The molecule has 6 heteroatoms. The summed E-state index contributed by atoms with van der Waals surface area (Å²) >= 11 is 0. The van der Waals surface area contributed by atoms with Gasteiger partial charge >= 0.3 is 21.1 Å². The van der Waals surface area contributed by atoms with Crippen LogP contribution in [0.25, 0.3) is 38.8 Å². The maximum Gasteiger partial charge on any atom is 2.00 e. The molecule has 2 aliphatic heterocycles. The second-order valence-corrected chi connectivity index (χ2v) is 22.8. The van der Waals surface area contributed by atoms with Gasteiger partial charge in [0.1, 0.15) is 5.82 Å². The number of nitrogens with zero attached hydrogens (tertiary/aromatic N) is 5. The Balaban J connectivity index is 0.00000602. The predicted octanol–water partition coefficient (Wildman–Crippen LogP) is 17.1. The van der Waals surface area contributed by atoms with Crippen LogP contribution >= 0.6 is 0 Å². The molecular weight excluding hydrogens is 1090 g/mol. The number of para-hydroxylation sites is 3. The van der Waals surface area contributed by atoms with Crippen LogP contribution in [-0.2, 0) is 31.9 Å². The van der Waals surface area contributed by atoms with E-state index in [9.17, 15) is 0 Å². The van der Waals surface area contributed by atoms with Gasteiger partial charge in [0.15, 0.2) is 0 Å². The van der Waals surface area contributed by atoms with E-state index in [-0.39, 0.29) is 37.8 Å². The van der Waals surface area contributed by atoms with Crippen molar-refractivity contribution in [1.29, 1.82) is 0 Å². The van der Waals surface area contributed by atoms with E-state index in [1.165, 1.54) is 50.0 Å². The summed E-state index contributed by atoms with van der Waals surface area (Å²) in [5.74, 6) is 1.70. The van der Waals surface area contributed by atoms with Crippen molar-refractivity contribution in [3.8, 4) is 16.9 Å². The molecule has 1 atom stereocenters. The molecule has 0 radical (unpaired) electrons. The van der Waals surface area contributed by atoms with E-state index in [2.05, 4.69) is 284 Å². The van der Waals surface area contributed by atoms with E-state index in [4.69, 9.17) is 9.98 Å². The van der Waals surface area contributed by atoms with Crippen molar-refractivity contribution in [3.05, 3.63) is 251 Å². The minimum absolute atomic E-state index is 0. The monoisotopic (exact) mass is 1160 g/mol. The Morgan fingerprint density at radius 2 is 1.19 bits per heavy atom. The molecule has 2 aliphatic rings. The van der Waals surface area contributed by atoms with Gasteiger partial charge in [0.05, 0.1) is 16.9 Å². The first-order valence-corrected chi connectivity index (χ1v) is 26.1. The molecule has 5 nitrogen and oxygen atoms in total. The molecule has 0 saturated carbocycles. The average molecular weight is 1160 g/mol. The zero-order valence-corrected chi connectivity index (χ0v) is 46.9. The number of benzene rings is 8. The third-order valence-electron chi connectivity index (χ3n) is 16.5. The van der Waals surface area contributed by atoms with Crippen LogP contribution in [0, 0.1) is 26.0 Å². The summed E-state index contributed by atoms with van der Waals surface area (Å²) in [7, 11) is 0. The SMILES string of the molecule is Cc1cccc(C)c1N1C(c2[c-]c(N3c4[c-]c5c(cc4C(C)(C)c4ccccc43)c3ccccc3n5-c3cc(C(C)(C)C)ccn3)cc(-c3ccccc3)c2)=NC(C)(C)[C@]1(C)C(c1ccccc1)c1ccccc1.[Pt+2]. The molecule has 8 aromatic carbocycles. The Morgan fingerprint density at radius 3 is 1.85 bits per heavy atom. The van der Waals surface area contributed by atoms with E-state index in [0.29, 0.717) is 0 Å². The molecule has 374 valence electrons. The van der Waals surface area contributed by atoms with Crippen LogP contribution in [0.2, 0.25) is 0 Å². The summed E-state index contributed by atoms with van der Waals surface area (Å²) < 4.78 is 2.32. The van der Waals surface area contributed by atoms with E-state index in [1.54, 1.807) is 0 Å². The second-order valence-electron chi connectivity index (χ2n) is 22.8. The molecular formula is C69H63N5Pt. The van der Waals surface area contributed by atoms with Crippen LogP contribution < -0.4 is 9.80 Å². The Labute approximate surface area is 457 Å². The molecule has 2 aromatic heterocycles. The van der Waals surface area contributed by atoms with Crippen LogP contribution in [0.4, 0.5) is 22.7 Å². The molecule has 0 N–H and O–H groups in total. The largest absolute Gasteiger partial charge is 2.00 e. The summed E-state index contributed by atoms with van der Waals surface area (Å²) in [6, 6.07) is 77.0. The average Bonchev–Trinajstić information content (AvgIpc) is 3.89. The minimum Gasteiger partial charge on any atom is -0.357 e. The summed E-state index contributed by atoms with van der Waals surface area (Å²) in [5, 5.41) is 2.32. The van der Waals surface area contributed by atoms with Gasteiger partial charge in [-0.15, -0.1) is 40.8 Å². The predicted molar refractivity (Wildman–Crippen MR) is 309 cm³/mol. The Kier molecular flexibility index (Phi) is 12.3. The molecule has 4 heterocycles. The maximum absolute atomic E-state index is 6.00. The third kappa shape index (κ3) is 8.00. The van der Waals surface area contributed by atoms with Crippen molar-refractivity contribution in [2.24, 2.45) is 4.99 Å². The van der Waals surface area contributed by atoms with Gasteiger partial charge in [0, 0.05) is 29.0 Å². The first-order chi connectivity index (χ1) is 35.6. The van der Waals surface area contributed by atoms with Gasteiger partial charge in [-0.25, -0.2) is 4.98 Å². The van der Waals surface area contributed by atoms with Crippen molar-refractivity contribution >= 4 is 50.4 Å². The molecule has 12 rings (SSSR count). The fourth-order valence-corrected chi connectivity index (χ4v) is 12.3. The van der Waals surface area contributed by atoms with E-state index >= 15 is 0 Å². The number of pyridine rings is 1. The van der Waals surface area contributed by atoms with E-state index in [0.717, 1.165) is 61.8 Å². The number of fused-ring (bicyclic) bond motifs is 5. The van der Waals surface area contributed by atoms with Gasteiger partial charge in [-0.2, -0.15) is 6.07 Å². The van der Waals surface area contributed by atoms with Gasteiger partial charge in [0.25, 0.3) is 0 Å². The maximum atomic E-state index is 6.00. The van der Waals surface area contributed by atoms with Crippen LogP contribution in [0.3, 0.4) is 0 Å². The molecule has 0 saturated heterocycles. The molecule has 0 amide bonds. The summed E-state index contributed by atoms with van der Waals surface area (Å²) in [6.45, 7) is 23.1. The third-order valence-corrected chi connectivity index (χ3v) is 16.5. The Hall–Kier alpha value is -7.33. The number of aliphatic imine (C=N–C) groups is 1. The number of aryl methyl sites for hydroxylation is 2. The van der Waals surface area contributed by atoms with Crippen LogP contribution in [-0.4, -0.2) is 26.5 Å². The van der Waals surface area contributed by atoms with Gasteiger partial charge in [-0.3, -0.25) is 0 Å². The normalized spacial score (nSPS) is 16.7. The van der Waals surface area contributed by atoms with Crippen LogP contribution in [0.1, 0.15) is 106 Å². The molecule has 75 heavy (non-hydrogen) atoms. The van der Waals surface area contributed by atoms with Crippen molar-refractivity contribution < 1.29 is 21.1 Å². The quantitative estimate of drug-likeness (QED) is 0.142. The first-order valence-electron chi connectivity index (χ1n) is 26.1. The van der Waals surface area contributed by atoms with E-state index in [1.807, 2.05) is 6.20 Å². The van der Waals surface area contributed by atoms with Crippen LogP contribution in [0.15, 0.2) is 199 Å². The zero-order chi connectivity index (χ0) is 51.3. The minimum atomic E-state index is -0.613. The topological polar surface area (TPSA) is 36.7 Å². The fourth-order valence-electron chi connectivity index (χ4n) is 12.3. The van der Waals surface area contributed by atoms with Gasteiger partial charge < -0.3 is 19.4 Å². The number of hydrogen-bond donors (Lipinski definition) is 0. The molecule has 10 aromatic rings. The van der Waals surface area contributed by atoms with Gasteiger partial charge in [-0.1, -0.05) is 197 Å². The summed E-state index contributed by atoms with van der Waals surface area (Å²) in [4.78, 5) is 16.1. The fraction of sp³-hybridized carbons (Fsp3) is 0.217. The summed E-state index contributed by atoms with van der Waals surface area (Å²) in [5.41, 5.74) is 16.2. The second kappa shape index (κ2) is 18.5. The van der Waals surface area contributed by atoms with Crippen molar-refractivity contribution in [2.75, 3.05) is 9.80 Å². The molecule has 0 unspecified atom stereocenters. The van der Waals surface area contributed by atoms with Crippen molar-refractivity contribution in [3.63, 3.8) is 0 Å². The van der Waals surface area contributed by atoms with Crippen molar-refractivity contribution in [2.45, 2.75) is 97.1 Å². The smallest absolute Gasteiger partial charge is 0.357 e. The standard InChI is InChI=1S/C69H63N5.Pt/c1-45-25-24-26-46(2)64(45)74-65(71-68(8,9)69(74,10)63(48-29-16-12-17-30-48)49-31-18-13-19-32-49)51-39-50(47-27-14-11-15-28-47)40-53(41-51)72-59-36-23-21-34-56(59)67(6,7)57-43-55-54-33-20-22-35-58(54)73(60(55)44-61(57)72)62-42-52(37-38-70-62)66(3,4)5;/h11-40,42-43,63H,1-10H3;/q-2;+2/t69-;/m0./s1. The molecule has 0 aliphatic carbocycles. The summed E-state index contributed by atoms with van der Waals surface area (Å²) in [6.07, 6.45) is 1.95. The zero-order valence-electron chi connectivity index (χ0n) is 44.6. The number of rotatable bonds is 8. The Morgan fingerprint density at radius 1 is 0.573 bits per heavy atom. The molecule has 0 fully saturated rings. The van der Waals surface area contributed by atoms with E-state index < -0.39 is 11.1 Å². The number of aromatic nitrogens is 2. The van der Waals surface area contributed by atoms with Crippen molar-refractivity contribution in [1.82, 2.24) is 9.55 Å². The first kappa shape index (κ1) is 49.9. The number of amidine groups is 1. The van der Waals surface area contributed by atoms with Gasteiger partial charge in [0.2, 0.25) is 0 Å². The number of anilines is 4. The van der Waals surface area contributed by atoms with Crippen LogP contribution in [0.5, 0.6) is 0 Å². The Bertz CT molecular complexity index is 3770. The number of hydrogen-bond acceptors (Lipinski definition) is 4. The molecule has 0 spiro atoms. The van der Waals surface area contributed by atoms with Gasteiger partial charge in [-0.05, 0) is 120 Å². The molecule has 0 bridgehead atoms.